The van der Waals surface area contributed by atoms with E-state index in [1.54, 1.807) is 23.0 Å². The summed E-state index contributed by atoms with van der Waals surface area (Å²) in [6, 6.07) is 23.9. The minimum atomic E-state index is -0.428. The lowest BCUT2D eigenvalue weighted by atomic mass is 10.2. The smallest absolute Gasteiger partial charge is 0.258 e. The van der Waals surface area contributed by atoms with Crippen molar-refractivity contribution in [2.24, 2.45) is 10.2 Å². The molecule has 30 heavy (non-hydrogen) atoms. The number of non-ortho nitro benzene ring substituents is 1. The van der Waals surface area contributed by atoms with E-state index in [1.807, 2.05) is 61.5 Å². The Morgan fingerprint density at radius 1 is 1.00 bits per heavy atom. The molecule has 0 aliphatic carbocycles. The molecule has 0 amide bonds. The van der Waals surface area contributed by atoms with E-state index in [4.69, 9.17) is 0 Å². The number of nitro benzene ring substituents is 1. The average Bonchev–Trinajstić information content (AvgIpc) is 3.19. The first-order valence-corrected chi connectivity index (χ1v) is 9.96. The number of nitro groups is 1. The molecule has 0 saturated carbocycles. The topological polar surface area (TPSA) is 85.7 Å². The molecule has 1 aromatic heterocycles. The molecule has 7 nitrogen and oxygen atoms in total. The van der Waals surface area contributed by atoms with Gasteiger partial charge in [-0.2, -0.15) is 10.2 Å². The van der Waals surface area contributed by atoms with Crippen molar-refractivity contribution in [2.75, 3.05) is 0 Å². The van der Waals surface area contributed by atoms with Crippen LogP contribution in [0.1, 0.15) is 11.1 Å². The van der Waals surface area contributed by atoms with E-state index in [9.17, 15) is 10.1 Å². The normalized spacial score (nSPS) is 11.8. The molecule has 0 fully saturated rings. The molecule has 0 aliphatic heterocycles. The van der Waals surface area contributed by atoms with E-state index in [0.29, 0.717) is 10.5 Å². The third-order valence-corrected chi connectivity index (χ3v) is 5.26. The van der Waals surface area contributed by atoms with Gasteiger partial charge in [-0.1, -0.05) is 71.5 Å². The summed E-state index contributed by atoms with van der Waals surface area (Å²) >= 11 is 1.40. The summed E-state index contributed by atoms with van der Waals surface area (Å²) in [7, 11) is 0. The van der Waals surface area contributed by atoms with Crippen molar-refractivity contribution in [1.29, 1.82) is 0 Å². The fraction of sp³-hybridized carbons (Fsp3) is 0.0455. The van der Waals surface area contributed by atoms with Gasteiger partial charge in [0.1, 0.15) is 5.01 Å². The number of hydrogen-bond donors (Lipinski definition) is 0. The third-order valence-electron chi connectivity index (χ3n) is 4.31. The van der Waals surface area contributed by atoms with Gasteiger partial charge in [0.15, 0.2) is 0 Å². The molecule has 4 aromatic rings. The summed E-state index contributed by atoms with van der Waals surface area (Å²) in [5.74, 6) is 0. The number of aromatic nitrogens is 2. The summed E-state index contributed by atoms with van der Waals surface area (Å²) in [5.41, 5.74) is 3.76. The summed E-state index contributed by atoms with van der Waals surface area (Å²) < 4.78 is 1.64. The van der Waals surface area contributed by atoms with Crippen LogP contribution in [0.15, 0.2) is 89.1 Å². The maximum Gasteiger partial charge on any atom is 0.269 e. The van der Waals surface area contributed by atoms with E-state index in [2.05, 4.69) is 15.3 Å². The van der Waals surface area contributed by atoms with Gasteiger partial charge in [0, 0.05) is 17.7 Å². The SMILES string of the molecule is Cc1ccc(-c2nn(-c3ccc([N+](=O)[O-])cc3)/c(=N/N=C/c3ccccc3)s2)cc1. The average molecular weight is 415 g/mol. The highest BCUT2D eigenvalue weighted by molar-refractivity contribution is 7.12. The predicted molar refractivity (Wildman–Crippen MR) is 118 cm³/mol. The molecule has 0 atom stereocenters. The summed E-state index contributed by atoms with van der Waals surface area (Å²) in [5, 5.41) is 25.0. The second kappa shape index (κ2) is 8.62. The fourth-order valence-electron chi connectivity index (χ4n) is 2.73. The first-order chi connectivity index (χ1) is 14.6. The summed E-state index contributed by atoms with van der Waals surface area (Å²) in [6.07, 6.45) is 1.67. The zero-order valence-electron chi connectivity index (χ0n) is 16.0. The number of aryl methyl sites for hydroxylation is 1. The van der Waals surface area contributed by atoms with Crippen molar-refractivity contribution in [1.82, 2.24) is 9.78 Å². The van der Waals surface area contributed by atoms with E-state index in [0.717, 1.165) is 21.7 Å². The van der Waals surface area contributed by atoms with Crippen LogP contribution in [0, 0.1) is 17.0 Å². The monoisotopic (exact) mass is 415 g/mol. The maximum absolute atomic E-state index is 11.0. The second-order valence-corrected chi connectivity index (χ2v) is 7.45. The highest BCUT2D eigenvalue weighted by Crippen LogP contribution is 2.22. The molecule has 8 heteroatoms. The maximum atomic E-state index is 11.0. The van der Waals surface area contributed by atoms with Crippen LogP contribution in [0.2, 0.25) is 0 Å². The molecule has 0 unspecified atom stereocenters. The van der Waals surface area contributed by atoms with E-state index >= 15 is 0 Å². The number of nitrogens with zero attached hydrogens (tertiary/aromatic N) is 5. The van der Waals surface area contributed by atoms with Crippen molar-refractivity contribution in [3.05, 3.63) is 105 Å². The summed E-state index contributed by atoms with van der Waals surface area (Å²) in [4.78, 5) is 11.1. The van der Waals surface area contributed by atoms with E-state index < -0.39 is 4.92 Å². The Morgan fingerprint density at radius 2 is 1.70 bits per heavy atom. The van der Waals surface area contributed by atoms with Gasteiger partial charge in [0.05, 0.1) is 16.8 Å². The van der Waals surface area contributed by atoms with Gasteiger partial charge in [0.25, 0.3) is 5.69 Å². The Labute approximate surface area is 176 Å². The number of rotatable bonds is 5. The first kappa shape index (κ1) is 19.4. The van der Waals surface area contributed by atoms with Gasteiger partial charge >= 0.3 is 0 Å². The van der Waals surface area contributed by atoms with Crippen LogP contribution in [-0.2, 0) is 0 Å². The molecule has 0 saturated heterocycles. The highest BCUT2D eigenvalue weighted by atomic mass is 32.1. The lowest BCUT2D eigenvalue weighted by molar-refractivity contribution is -0.384. The minimum Gasteiger partial charge on any atom is -0.258 e. The van der Waals surface area contributed by atoms with Crippen molar-refractivity contribution in [2.45, 2.75) is 6.92 Å². The zero-order chi connectivity index (χ0) is 20.9. The van der Waals surface area contributed by atoms with Crippen LogP contribution in [-0.4, -0.2) is 20.9 Å². The highest BCUT2D eigenvalue weighted by Gasteiger charge is 2.11. The lowest BCUT2D eigenvalue weighted by Crippen LogP contribution is -2.13. The van der Waals surface area contributed by atoms with Crippen LogP contribution >= 0.6 is 11.3 Å². The zero-order valence-corrected chi connectivity index (χ0v) is 16.9. The van der Waals surface area contributed by atoms with Gasteiger partial charge < -0.3 is 0 Å². The molecule has 0 N–H and O–H groups in total. The molecule has 1 heterocycles. The largest absolute Gasteiger partial charge is 0.269 e. The van der Waals surface area contributed by atoms with E-state index in [1.165, 1.54) is 23.5 Å². The Kier molecular flexibility index (Phi) is 5.58. The van der Waals surface area contributed by atoms with Crippen LogP contribution in [0.3, 0.4) is 0 Å². The number of benzene rings is 3. The fourth-order valence-corrected chi connectivity index (χ4v) is 3.60. The minimum absolute atomic E-state index is 0.0222. The number of hydrogen-bond acceptors (Lipinski definition) is 6. The molecule has 148 valence electrons. The lowest BCUT2D eigenvalue weighted by Gasteiger charge is -2.00. The van der Waals surface area contributed by atoms with Crippen molar-refractivity contribution < 1.29 is 4.92 Å². The summed E-state index contributed by atoms with van der Waals surface area (Å²) in [6.45, 7) is 2.03. The van der Waals surface area contributed by atoms with Gasteiger partial charge in [-0.3, -0.25) is 10.1 Å². The molecular weight excluding hydrogens is 398 g/mol. The second-order valence-electron chi connectivity index (χ2n) is 6.50. The molecular formula is C22H17N5O2S. The Hall–Kier alpha value is -3.91. The van der Waals surface area contributed by atoms with Crippen LogP contribution in [0.25, 0.3) is 16.3 Å². The van der Waals surface area contributed by atoms with Crippen molar-refractivity contribution in [3.8, 4) is 16.3 Å². The molecule has 4 rings (SSSR count). The van der Waals surface area contributed by atoms with Crippen molar-refractivity contribution >= 4 is 23.2 Å². The van der Waals surface area contributed by atoms with Crippen LogP contribution < -0.4 is 4.80 Å². The van der Waals surface area contributed by atoms with Crippen LogP contribution in [0.5, 0.6) is 0 Å². The predicted octanol–water partition coefficient (Wildman–Crippen LogP) is 4.75. The Bertz CT molecular complexity index is 1260. The van der Waals surface area contributed by atoms with Crippen molar-refractivity contribution in [3.63, 3.8) is 0 Å². The molecule has 3 aromatic carbocycles. The van der Waals surface area contributed by atoms with Gasteiger partial charge in [-0.15, -0.1) is 5.10 Å². The Balaban J connectivity index is 1.78. The van der Waals surface area contributed by atoms with Gasteiger partial charge in [-0.25, -0.2) is 4.68 Å². The standard InChI is InChI=1S/C22H17N5O2S/c1-16-7-9-18(10-8-16)21-25-26(19-11-13-20(14-12-19)27(28)29)22(30-21)24-23-15-17-5-3-2-4-6-17/h2-15H,1H3/b23-15+,24-22-. The molecule has 0 spiro atoms. The molecule has 0 radical (unpaired) electrons. The van der Waals surface area contributed by atoms with E-state index in [-0.39, 0.29) is 5.69 Å². The molecule has 0 aliphatic rings. The quantitative estimate of drug-likeness (QED) is 0.268. The first-order valence-electron chi connectivity index (χ1n) is 9.14. The third kappa shape index (κ3) is 4.39. The van der Waals surface area contributed by atoms with Gasteiger partial charge in [-0.05, 0) is 24.6 Å². The molecule has 0 bridgehead atoms. The van der Waals surface area contributed by atoms with Gasteiger partial charge in [0.2, 0.25) is 4.80 Å². The van der Waals surface area contributed by atoms with Crippen LogP contribution in [0.4, 0.5) is 5.69 Å². The Morgan fingerprint density at radius 3 is 2.37 bits per heavy atom.